The fourth-order valence-corrected chi connectivity index (χ4v) is 8.03. The lowest BCUT2D eigenvalue weighted by atomic mass is 9.93. The first-order valence-corrected chi connectivity index (χ1v) is 22.2. The maximum atomic E-state index is 13.5. The summed E-state index contributed by atoms with van der Waals surface area (Å²) in [5.74, 6) is -0.338. The Morgan fingerprint density at radius 3 is 2.08 bits per heavy atom. The first kappa shape index (κ1) is 46.8. The van der Waals surface area contributed by atoms with Crippen LogP contribution in [0.2, 0.25) is 0 Å². The van der Waals surface area contributed by atoms with E-state index in [0.717, 1.165) is 72.2 Å². The Morgan fingerprint density at radius 1 is 0.697 bits per heavy atom. The molecule has 4 heterocycles. The van der Waals surface area contributed by atoms with E-state index in [1.54, 1.807) is 66.0 Å². The number of hydrogen-bond acceptors (Lipinski definition) is 9. The number of aromatic hydroxyl groups is 1. The number of carbonyl (C=O) groups is 3. The molecule has 0 spiro atoms. The second-order valence-electron chi connectivity index (χ2n) is 16.6. The molecule has 0 saturated heterocycles. The standard InChI is InChI=1S/C49H56N10O6S/c1-31-23-42(48(64)54-35-25-41(58(5)30-35)47(63)53-34-24-40(57(4)29-34)46(62)51-20-8-21-56(2)3)59(28-31)22-7-18-50-17-6-19-52-49(66)55-33-11-9-32(10-12-33)45-38-15-13-36(60)26-43(38)65-44-27-37(61)14-16-39(44)45/h9-16,23-30,50,60H,6-8,17-22H2,1-5H3,(H,51,62)(H,53,63)(H,54,64)(H2,52,55,66). The number of phenols is 1. The number of nitrogens with one attached hydrogen (secondary N) is 6. The largest absolute Gasteiger partial charge is 0.508 e. The Labute approximate surface area is 388 Å². The maximum absolute atomic E-state index is 13.5. The van der Waals surface area contributed by atoms with Gasteiger partial charge in [-0.3, -0.25) is 19.2 Å². The van der Waals surface area contributed by atoms with Crippen LogP contribution in [0.25, 0.3) is 33.4 Å². The van der Waals surface area contributed by atoms with Crippen LogP contribution in [0.4, 0.5) is 17.1 Å². The van der Waals surface area contributed by atoms with E-state index in [1.807, 2.05) is 68.2 Å². The Bertz CT molecular complexity index is 2890. The molecular formula is C49H56N10O6S. The summed E-state index contributed by atoms with van der Waals surface area (Å²) in [7, 11) is 7.46. The van der Waals surface area contributed by atoms with Gasteiger partial charge in [0, 0.05) is 86.7 Å². The topological polar surface area (TPSA) is 192 Å². The second-order valence-corrected chi connectivity index (χ2v) is 17.0. The molecule has 5 aromatic rings. The molecule has 344 valence electrons. The molecule has 1 aliphatic heterocycles. The highest BCUT2D eigenvalue weighted by Crippen LogP contribution is 2.40. The van der Waals surface area contributed by atoms with Crippen LogP contribution in [0.3, 0.4) is 0 Å². The Balaban J connectivity index is 0.823. The Hall–Kier alpha value is -7.21. The Kier molecular flexibility index (Phi) is 15.0. The lowest BCUT2D eigenvalue weighted by molar-refractivity contribution is 0.0942. The van der Waals surface area contributed by atoms with Crippen molar-refractivity contribution in [3.8, 4) is 28.2 Å². The first-order valence-electron chi connectivity index (χ1n) is 21.8. The van der Waals surface area contributed by atoms with E-state index in [4.69, 9.17) is 16.6 Å². The third-order valence-electron chi connectivity index (χ3n) is 11.0. The van der Waals surface area contributed by atoms with Crippen LogP contribution in [-0.4, -0.2) is 93.4 Å². The number of nitrogens with zero attached hydrogens (tertiary/aromatic N) is 4. The number of benzene rings is 3. The number of phenolic OH excluding ortho intramolecular Hbond substituents is 1. The number of rotatable bonds is 19. The summed E-state index contributed by atoms with van der Waals surface area (Å²) in [6, 6.07) is 22.7. The number of carbonyl (C=O) groups excluding carboxylic acids is 3. The molecule has 7 rings (SSSR count). The van der Waals surface area contributed by atoms with Crippen LogP contribution in [-0.2, 0) is 20.6 Å². The van der Waals surface area contributed by atoms with Crippen molar-refractivity contribution in [2.45, 2.75) is 32.7 Å². The molecule has 1 aliphatic carbocycles. The van der Waals surface area contributed by atoms with Crippen LogP contribution >= 0.6 is 12.2 Å². The van der Waals surface area contributed by atoms with Gasteiger partial charge in [-0.1, -0.05) is 12.1 Å². The van der Waals surface area contributed by atoms with Crippen molar-refractivity contribution in [1.29, 1.82) is 0 Å². The number of fused-ring (bicyclic) bond motifs is 2. The van der Waals surface area contributed by atoms with Gasteiger partial charge in [0.25, 0.3) is 17.7 Å². The number of thiocarbonyl (C=S) groups is 1. The number of hydrogen-bond donors (Lipinski definition) is 7. The zero-order chi connectivity index (χ0) is 46.9. The SMILES string of the molecule is Cc1cc(C(=O)Nc2cc(C(=O)Nc3cc(C(=O)NCCCN(C)C)n(C)c3)n(C)c2)n(CCCNCCCNC(=S)Nc2ccc(-c3c4ccc(=O)cc-4oc4cc(O)ccc34)cc2)c1. The molecular weight excluding hydrogens is 857 g/mol. The van der Waals surface area contributed by atoms with E-state index in [9.17, 15) is 24.3 Å². The van der Waals surface area contributed by atoms with E-state index in [-0.39, 0.29) is 28.9 Å². The van der Waals surface area contributed by atoms with Gasteiger partial charge in [-0.05, 0) is 138 Å². The van der Waals surface area contributed by atoms with Crippen molar-refractivity contribution in [2.24, 2.45) is 14.1 Å². The lowest BCUT2D eigenvalue weighted by Crippen LogP contribution is -2.31. The van der Waals surface area contributed by atoms with Crippen molar-refractivity contribution < 1.29 is 23.9 Å². The average Bonchev–Trinajstić information content (AvgIpc) is 3.96. The van der Waals surface area contributed by atoms with Gasteiger partial charge >= 0.3 is 0 Å². The van der Waals surface area contributed by atoms with Crippen LogP contribution in [0.1, 0.15) is 56.3 Å². The first-order chi connectivity index (χ1) is 31.7. The van der Waals surface area contributed by atoms with E-state index in [0.29, 0.717) is 64.5 Å². The molecule has 0 bridgehead atoms. The molecule has 0 fully saturated rings. The zero-order valence-corrected chi connectivity index (χ0v) is 38.6. The summed E-state index contributed by atoms with van der Waals surface area (Å²) < 4.78 is 11.2. The van der Waals surface area contributed by atoms with Crippen molar-refractivity contribution in [2.75, 3.05) is 62.8 Å². The minimum atomic E-state index is -0.373. The fourth-order valence-electron chi connectivity index (χ4n) is 7.81. The van der Waals surface area contributed by atoms with E-state index < -0.39 is 0 Å². The molecule has 0 unspecified atom stereocenters. The summed E-state index contributed by atoms with van der Waals surface area (Å²) in [5.41, 5.74) is 7.01. The molecule has 0 atom stereocenters. The van der Waals surface area contributed by atoms with Crippen LogP contribution in [0, 0.1) is 6.92 Å². The fraction of sp³-hybridized carbons (Fsp3) is 0.286. The number of amides is 3. The van der Waals surface area contributed by atoms with Gasteiger partial charge in [0.2, 0.25) is 0 Å². The molecule has 3 amide bonds. The molecule has 2 aromatic carbocycles. The van der Waals surface area contributed by atoms with Crippen LogP contribution in [0.15, 0.2) is 107 Å². The van der Waals surface area contributed by atoms with E-state index >= 15 is 0 Å². The summed E-state index contributed by atoms with van der Waals surface area (Å²) in [6.45, 7) is 6.21. The van der Waals surface area contributed by atoms with Crippen LogP contribution < -0.4 is 37.3 Å². The second kappa shape index (κ2) is 21.2. The molecule has 0 radical (unpaired) electrons. The quantitative estimate of drug-likeness (QED) is 0.0263. The zero-order valence-electron chi connectivity index (χ0n) is 37.8. The van der Waals surface area contributed by atoms with E-state index in [2.05, 4.69) is 36.8 Å². The van der Waals surface area contributed by atoms with E-state index in [1.165, 1.54) is 12.1 Å². The Morgan fingerprint density at radius 2 is 1.36 bits per heavy atom. The van der Waals surface area contributed by atoms with Crippen molar-refractivity contribution in [3.63, 3.8) is 0 Å². The monoisotopic (exact) mass is 912 g/mol. The summed E-state index contributed by atoms with van der Waals surface area (Å²) >= 11 is 5.56. The van der Waals surface area contributed by atoms with Gasteiger partial charge in [0.15, 0.2) is 10.5 Å². The third-order valence-corrected chi connectivity index (χ3v) is 11.2. The van der Waals surface area contributed by atoms with Gasteiger partial charge < -0.3 is 60.0 Å². The van der Waals surface area contributed by atoms with Crippen molar-refractivity contribution >= 4 is 63.1 Å². The number of anilines is 3. The van der Waals surface area contributed by atoms with Gasteiger partial charge in [0.1, 0.15) is 34.2 Å². The number of aromatic nitrogens is 3. The minimum Gasteiger partial charge on any atom is -0.508 e. The highest BCUT2D eigenvalue weighted by molar-refractivity contribution is 7.80. The summed E-state index contributed by atoms with van der Waals surface area (Å²) in [6.07, 6.45) is 7.81. The molecule has 0 saturated carbocycles. The predicted octanol–water partition coefficient (Wildman–Crippen LogP) is 6.60. The molecule has 16 nitrogen and oxygen atoms in total. The maximum Gasteiger partial charge on any atom is 0.272 e. The lowest BCUT2D eigenvalue weighted by Gasteiger charge is -2.16. The van der Waals surface area contributed by atoms with Gasteiger partial charge in [0.05, 0.1) is 11.4 Å². The average molecular weight is 913 g/mol. The van der Waals surface area contributed by atoms with Gasteiger partial charge in [-0.15, -0.1) is 0 Å². The normalized spacial score (nSPS) is 11.3. The molecule has 3 aromatic heterocycles. The third kappa shape index (κ3) is 11.7. The number of aryl methyl sites for hydroxylation is 4. The summed E-state index contributed by atoms with van der Waals surface area (Å²) in [4.78, 5) is 53.6. The smallest absolute Gasteiger partial charge is 0.272 e. The van der Waals surface area contributed by atoms with Gasteiger partial charge in [-0.2, -0.15) is 0 Å². The van der Waals surface area contributed by atoms with Gasteiger partial charge in [-0.25, -0.2) is 0 Å². The highest BCUT2D eigenvalue weighted by Gasteiger charge is 2.20. The molecule has 7 N–H and O–H groups in total. The van der Waals surface area contributed by atoms with Crippen molar-refractivity contribution in [3.05, 3.63) is 130 Å². The van der Waals surface area contributed by atoms with Crippen molar-refractivity contribution in [1.82, 2.24) is 34.6 Å². The van der Waals surface area contributed by atoms with Crippen LogP contribution in [0.5, 0.6) is 5.75 Å². The highest BCUT2D eigenvalue weighted by atomic mass is 32.1. The predicted molar refractivity (Wildman–Crippen MR) is 264 cm³/mol. The molecule has 2 aliphatic rings. The minimum absolute atomic E-state index is 0.0775. The molecule has 17 heteroatoms. The summed E-state index contributed by atoms with van der Waals surface area (Å²) in [5, 5.41) is 30.1. The molecule has 66 heavy (non-hydrogen) atoms.